The number of carbonyl (C=O) groups excluding carboxylic acids is 1. The summed E-state index contributed by atoms with van der Waals surface area (Å²) in [5.74, 6) is -1.50. The van der Waals surface area contributed by atoms with Crippen LogP contribution in [0.5, 0.6) is 5.75 Å². The van der Waals surface area contributed by atoms with Gasteiger partial charge in [-0.15, -0.1) is 0 Å². The van der Waals surface area contributed by atoms with Gasteiger partial charge in [-0.3, -0.25) is 4.79 Å². The molecule has 0 aliphatic carbocycles. The van der Waals surface area contributed by atoms with Gasteiger partial charge in [-0.05, 0) is 44.7 Å². The van der Waals surface area contributed by atoms with Crippen molar-refractivity contribution in [3.8, 4) is 5.75 Å². The number of nitrogens with zero attached hydrogens (tertiary/aromatic N) is 1. The maximum Gasteiger partial charge on any atom is 0.263 e. The second-order valence-corrected chi connectivity index (χ2v) is 5.86. The molecule has 0 saturated carbocycles. The van der Waals surface area contributed by atoms with Crippen molar-refractivity contribution < 1.29 is 18.3 Å². The summed E-state index contributed by atoms with van der Waals surface area (Å²) in [5.41, 5.74) is 5.88. The molecule has 1 aromatic rings. The Morgan fingerprint density at radius 3 is 2.45 bits per heavy atom. The Kier molecular flexibility index (Phi) is 5.34. The minimum absolute atomic E-state index is 0.133. The molecule has 1 saturated heterocycles. The molecule has 1 heterocycles. The van der Waals surface area contributed by atoms with Gasteiger partial charge in [0.25, 0.3) is 5.91 Å². The van der Waals surface area contributed by atoms with Crippen molar-refractivity contribution in [1.82, 2.24) is 4.90 Å². The zero-order valence-electron chi connectivity index (χ0n) is 12.9. The van der Waals surface area contributed by atoms with Crippen LogP contribution >= 0.6 is 0 Å². The first-order valence-corrected chi connectivity index (χ1v) is 7.54. The second kappa shape index (κ2) is 7.05. The van der Waals surface area contributed by atoms with E-state index in [0.717, 1.165) is 25.0 Å². The third-order valence-electron chi connectivity index (χ3n) is 4.15. The first-order valence-electron chi connectivity index (χ1n) is 7.54. The molecule has 1 fully saturated rings. The highest BCUT2D eigenvalue weighted by molar-refractivity contribution is 5.81. The van der Waals surface area contributed by atoms with Gasteiger partial charge < -0.3 is 15.4 Å². The quantitative estimate of drug-likeness (QED) is 0.928. The highest BCUT2D eigenvalue weighted by Gasteiger charge is 2.28. The third-order valence-corrected chi connectivity index (χ3v) is 4.15. The van der Waals surface area contributed by atoms with E-state index in [0.29, 0.717) is 19.0 Å². The van der Waals surface area contributed by atoms with Crippen molar-refractivity contribution in [3.05, 3.63) is 29.8 Å². The number of rotatable bonds is 4. The normalized spacial score (nSPS) is 18.9. The Balaban J connectivity index is 1.91. The monoisotopic (exact) mass is 312 g/mol. The molecule has 0 spiro atoms. The molecule has 1 amide bonds. The Morgan fingerprint density at radius 1 is 1.27 bits per heavy atom. The van der Waals surface area contributed by atoms with Gasteiger partial charge in [0.1, 0.15) is 5.75 Å². The van der Waals surface area contributed by atoms with Crippen LogP contribution in [-0.4, -0.2) is 36.0 Å². The summed E-state index contributed by atoms with van der Waals surface area (Å²) in [6.45, 7) is 4.89. The van der Waals surface area contributed by atoms with Gasteiger partial charge in [0.05, 0.1) is 0 Å². The molecule has 4 nitrogen and oxygen atoms in total. The van der Waals surface area contributed by atoms with Crippen LogP contribution in [0.25, 0.3) is 0 Å². The van der Waals surface area contributed by atoms with E-state index in [-0.39, 0.29) is 17.7 Å². The molecule has 0 aromatic heterocycles. The number of carbonyl (C=O) groups is 1. The molecule has 1 aromatic carbocycles. The zero-order chi connectivity index (χ0) is 16.3. The van der Waals surface area contributed by atoms with Gasteiger partial charge in [-0.25, -0.2) is 8.78 Å². The average molecular weight is 312 g/mol. The number of ether oxygens (including phenoxy) is 1. The van der Waals surface area contributed by atoms with E-state index >= 15 is 0 Å². The predicted octanol–water partition coefficient (Wildman–Crippen LogP) is 2.32. The first-order chi connectivity index (χ1) is 10.4. The summed E-state index contributed by atoms with van der Waals surface area (Å²) >= 11 is 0. The molecule has 6 heteroatoms. The number of hydrogen-bond donors (Lipinski definition) is 1. The summed E-state index contributed by atoms with van der Waals surface area (Å²) in [5, 5.41) is 0. The van der Waals surface area contributed by atoms with Crippen LogP contribution in [0.3, 0.4) is 0 Å². The van der Waals surface area contributed by atoms with Crippen molar-refractivity contribution in [2.45, 2.75) is 38.8 Å². The number of hydrogen-bond acceptors (Lipinski definition) is 3. The van der Waals surface area contributed by atoms with Gasteiger partial charge in [0.15, 0.2) is 17.7 Å². The minimum Gasteiger partial charge on any atom is -0.481 e. The molecule has 1 aliphatic heterocycles. The first kappa shape index (κ1) is 16.7. The van der Waals surface area contributed by atoms with E-state index in [4.69, 9.17) is 10.5 Å². The average Bonchev–Trinajstić information content (AvgIpc) is 2.50. The van der Waals surface area contributed by atoms with E-state index < -0.39 is 17.7 Å². The fourth-order valence-corrected chi connectivity index (χ4v) is 2.71. The number of amides is 1. The summed E-state index contributed by atoms with van der Waals surface area (Å²) in [6, 6.07) is 3.37. The minimum atomic E-state index is -0.991. The molecule has 2 atom stereocenters. The highest BCUT2D eigenvalue weighted by Crippen LogP contribution is 2.21. The Hall–Kier alpha value is -1.69. The van der Waals surface area contributed by atoms with Crippen LogP contribution < -0.4 is 10.5 Å². The van der Waals surface area contributed by atoms with Crippen LogP contribution in [0, 0.1) is 17.6 Å². The van der Waals surface area contributed by atoms with Crippen molar-refractivity contribution in [3.63, 3.8) is 0 Å². The Bertz CT molecular complexity index is 529. The van der Waals surface area contributed by atoms with Crippen LogP contribution in [0.4, 0.5) is 8.78 Å². The summed E-state index contributed by atoms with van der Waals surface area (Å²) in [4.78, 5) is 14.1. The lowest BCUT2D eigenvalue weighted by Crippen LogP contribution is -2.46. The maximum atomic E-state index is 13.1. The van der Waals surface area contributed by atoms with Gasteiger partial charge in [0.2, 0.25) is 0 Å². The molecular weight excluding hydrogens is 290 g/mol. The number of benzene rings is 1. The number of nitrogens with two attached hydrogens (primary N) is 1. The fourth-order valence-electron chi connectivity index (χ4n) is 2.71. The van der Waals surface area contributed by atoms with Crippen LogP contribution in [-0.2, 0) is 4.79 Å². The molecule has 2 unspecified atom stereocenters. The standard InChI is InChI=1S/C16H22F2N2O2/c1-10(19)12-5-7-20(8-6-12)16(21)11(2)22-13-3-4-14(17)15(18)9-13/h3-4,9-12H,5-8,19H2,1-2H3. The van der Waals surface area contributed by atoms with Crippen molar-refractivity contribution in [2.75, 3.05) is 13.1 Å². The van der Waals surface area contributed by atoms with Gasteiger partial charge >= 0.3 is 0 Å². The SMILES string of the molecule is CC(Oc1ccc(F)c(F)c1)C(=O)N1CCC(C(C)N)CC1. The topological polar surface area (TPSA) is 55.6 Å². The molecule has 22 heavy (non-hydrogen) atoms. The third kappa shape index (κ3) is 3.94. The molecule has 2 rings (SSSR count). The van der Waals surface area contributed by atoms with Gasteiger partial charge in [0, 0.05) is 25.2 Å². The van der Waals surface area contributed by atoms with Crippen LogP contribution in [0.1, 0.15) is 26.7 Å². The van der Waals surface area contributed by atoms with Gasteiger partial charge in [-0.2, -0.15) is 0 Å². The largest absolute Gasteiger partial charge is 0.481 e. The van der Waals surface area contributed by atoms with E-state index in [1.807, 2.05) is 6.92 Å². The fraction of sp³-hybridized carbons (Fsp3) is 0.562. The Morgan fingerprint density at radius 2 is 1.91 bits per heavy atom. The smallest absolute Gasteiger partial charge is 0.263 e. The van der Waals surface area contributed by atoms with Crippen LogP contribution in [0.15, 0.2) is 18.2 Å². The lowest BCUT2D eigenvalue weighted by atomic mass is 9.91. The molecule has 122 valence electrons. The van der Waals surface area contributed by atoms with E-state index in [1.54, 1.807) is 11.8 Å². The molecule has 0 bridgehead atoms. The Labute approximate surface area is 129 Å². The van der Waals surface area contributed by atoms with Crippen molar-refractivity contribution in [2.24, 2.45) is 11.7 Å². The summed E-state index contributed by atoms with van der Waals surface area (Å²) in [7, 11) is 0. The summed E-state index contributed by atoms with van der Waals surface area (Å²) in [6.07, 6.45) is 1.01. The lowest BCUT2D eigenvalue weighted by molar-refractivity contribution is -0.139. The van der Waals surface area contributed by atoms with Crippen molar-refractivity contribution >= 4 is 5.91 Å². The number of halogens is 2. The molecule has 0 radical (unpaired) electrons. The van der Waals surface area contributed by atoms with Gasteiger partial charge in [-0.1, -0.05) is 0 Å². The molecule has 2 N–H and O–H groups in total. The number of likely N-dealkylation sites (tertiary alicyclic amines) is 1. The lowest BCUT2D eigenvalue weighted by Gasteiger charge is -2.35. The summed E-state index contributed by atoms with van der Waals surface area (Å²) < 4.78 is 31.4. The van der Waals surface area contributed by atoms with E-state index in [2.05, 4.69) is 0 Å². The zero-order valence-corrected chi connectivity index (χ0v) is 12.9. The number of piperidine rings is 1. The van der Waals surface area contributed by atoms with Crippen LogP contribution in [0.2, 0.25) is 0 Å². The van der Waals surface area contributed by atoms with E-state index in [9.17, 15) is 13.6 Å². The highest BCUT2D eigenvalue weighted by atomic mass is 19.2. The maximum absolute atomic E-state index is 13.1. The second-order valence-electron chi connectivity index (χ2n) is 5.86. The predicted molar refractivity (Wildman–Crippen MR) is 79.4 cm³/mol. The molecular formula is C16H22F2N2O2. The van der Waals surface area contributed by atoms with Crippen molar-refractivity contribution in [1.29, 1.82) is 0 Å². The van der Waals surface area contributed by atoms with E-state index in [1.165, 1.54) is 6.07 Å². The molecule has 1 aliphatic rings.